The molecule has 22 heavy (non-hydrogen) atoms. The highest BCUT2D eigenvalue weighted by atomic mass is 32.2. The van der Waals surface area contributed by atoms with E-state index in [1.165, 1.54) is 0 Å². The molecule has 2 heterocycles. The number of nitrogens with one attached hydrogen (secondary N) is 1. The summed E-state index contributed by atoms with van der Waals surface area (Å²) < 4.78 is 33.3. The molecule has 1 fully saturated rings. The van der Waals surface area contributed by atoms with Crippen molar-refractivity contribution in [3.05, 3.63) is 24.2 Å². The largest absolute Gasteiger partial charge is 0.468 e. The Labute approximate surface area is 134 Å². The van der Waals surface area contributed by atoms with E-state index < -0.39 is 10.0 Å². The van der Waals surface area contributed by atoms with Crippen LogP contribution in [0.5, 0.6) is 0 Å². The SMILES string of the molecule is CCC[C@@H](CC)S(=O)(=O)NC[C@H](c1ccco1)N1CCCC1. The Morgan fingerprint density at radius 2 is 2.05 bits per heavy atom. The predicted molar refractivity (Wildman–Crippen MR) is 88.2 cm³/mol. The van der Waals surface area contributed by atoms with E-state index in [0.29, 0.717) is 19.4 Å². The maximum Gasteiger partial charge on any atom is 0.214 e. The van der Waals surface area contributed by atoms with Gasteiger partial charge in [0.25, 0.3) is 0 Å². The minimum Gasteiger partial charge on any atom is -0.468 e. The molecule has 2 rings (SSSR count). The lowest BCUT2D eigenvalue weighted by Gasteiger charge is -2.27. The zero-order chi connectivity index (χ0) is 16.0. The van der Waals surface area contributed by atoms with Crippen LogP contribution in [-0.2, 0) is 10.0 Å². The summed E-state index contributed by atoms with van der Waals surface area (Å²) >= 11 is 0. The maximum absolute atomic E-state index is 12.5. The molecular weight excluding hydrogens is 300 g/mol. The molecule has 126 valence electrons. The zero-order valence-electron chi connectivity index (χ0n) is 13.6. The van der Waals surface area contributed by atoms with Gasteiger partial charge in [0.2, 0.25) is 10.0 Å². The quantitative estimate of drug-likeness (QED) is 0.757. The molecule has 0 spiro atoms. The number of nitrogens with zero attached hydrogens (tertiary/aromatic N) is 1. The Balaban J connectivity index is 2.04. The van der Waals surface area contributed by atoms with Crippen LogP contribution < -0.4 is 4.72 Å². The zero-order valence-corrected chi connectivity index (χ0v) is 14.4. The molecule has 0 aromatic carbocycles. The summed E-state index contributed by atoms with van der Waals surface area (Å²) in [5.74, 6) is 0.841. The molecule has 1 saturated heterocycles. The van der Waals surface area contributed by atoms with E-state index in [-0.39, 0.29) is 11.3 Å². The first-order chi connectivity index (χ1) is 10.6. The van der Waals surface area contributed by atoms with Gasteiger partial charge in [0.15, 0.2) is 0 Å². The molecule has 0 unspecified atom stereocenters. The summed E-state index contributed by atoms with van der Waals surface area (Å²) in [4.78, 5) is 2.31. The first-order valence-corrected chi connectivity index (χ1v) is 9.89. The molecular formula is C16H28N2O3S. The number of hydrogen-bond donors (Lipinski definition) is 1. The van der Waals surface area contributed by atoms with E-state index in [1.807, 2.05) is 26.0 Å². The highest BCUT2D eigenvalue weighted by Crippen LogP contribution is 2.25. The average molecular weight is 328 g/mol. The lowest BCUT2D eigenvalue weighted by atomic mass is 10.2. The third-order valence-electron chi connectivity index (χ3n) is 4.44. The van der Waals surface area contributed by atoms with Crippen LogP contribution >= 0.6 is 0 Å². The fraction of sp³-hybridized carbons (Fsp3) is 0.750. The van der Waals surface area contributed by atoms with Gasteiger partial charge in [-0.1, -0.05) is 20.3 Å². The number of hydrogen-bond acceptors (Lipinski definition) is 4. The summed E-state index contributed by atoms with van der Waals surface area (Å²) in [5.41, 5.74) is 0. The molecule has 1 aromatic rings. The van der Waals surface area contributed by atoms with Crippen molar-refractivity contribution in [1.29, 1.82) is 0 Å². The van der Waals surface area contributed by atoms with Crippen molar-refractivity contribution in [2.24, 2.45) is 0 Å². The molecule has 1 N–H and O–H groups in total. The minimum atomic E-state index is -3.27. The van der Waals surface area contributed by atoms with Crippen molar-refractivity contribution in [2.75, 3.05) is 19.6 Å². The molecule has 6 heteroatoms. The Bertz CT molecular complexity index is 522. The van der Waals surface area contributed by atoms with Gasteiger partial charge in [0.05, 0.1) is 17.6 Å². The molecule has 0 radical (unpaired) electrons. The predicted octanol–water partition coefficient (Wildman–Crippen LogP) is 2.91. The number of furan rings is 1. The molecule has 0 bridgehead atoms. The molecule has 1 aromatic heterocycles. The van der Waals surface area contributed by atoms with Crippen LogP contribution in [0.3, 0.4) is 0 Å². The van der Waals surface area contributed by atoms with Gasteiger partial charge >= 0.3 is 0 Å². The Morgan fingerprint density at radius 3 is 2.59 bits per heavy atom. The van der Waals surface area contributed by atoms with Crippen LogP contribution in [0.1, 0.15) is 57.8 Å². The van der Waals surface area contributed by atoms with Gasteiger partial charge in [0.1, 0.15) is 5.76 Å². The Kier molecular flexibility index (Phi) is 6.47. The van der Waals surface area contributed by atoms with Crippen LogP contribution in [0.15, 0.2) is 22.8 Å². The lowest BCUT2D eigenvalue weighted by molar-refractivity contribution is 0.216. The Morgan fingerprint density at radius 1 is 1.32 bits per heavy atom. The van der Waals surface area contributed by atoms with Gasteiger partial charge in [-0.2, -0.15) is 0 Å². The minimum absolute atomic E-state index is 0.00796. The second kappa shape index (κ2) is 8.13. The molecule has 1 aliphatic heterocycles. The van der Waals surface area contributed by atoms with Crippen molar-refractivity contribution in [1.82, 2.24) is 9.62 Å². The number of sulfonamides is 1. The lowest BCUT2D eigenvalue weighted by Crippen LogP contribution is -2.40. The maximum atomic E-state index is 12.5. The normalized spacial score (nSPS) is 19.4. The number of rotatable bonds is 9. The van der Waals surface area contributed by atoms with Crippen molar-refractivity contribution >= 4 is 10.0 Å². The van der Waals surface area contributed by atoms with Gasteiger partial charge in [-0.3, -0.25) is 4.90 Å². The van der Waals surface area contributed by atoms with E-state index in [1.54, 1.807) is 6.26 Å². The van der Waals surface area contributed by atoms with Gasteiger partial charge < -0.3 is 4.42 Å². The highest BCUT2D eigenvalue weighted by molar-refractivity contribution is 7.90. The first kappa shape index (κ1) is 17.5. The summed E-state index contributed by atoms with van der Waals surface area (Å²) in [6, 6.07) is 3.78. The van der Waals surface area contributed by atoms with E-state index >= 15 is 0 Å². The molecule has 0 aliphatic carbocycles. The van der Waals surface area contributed by atoms with Crippen LogP contribution in [0.25, 0.3) is 0 Å². The summed E-state index contributed by atoms with van der Waals surface area (Å²) in [6.07, 6.45) is 6.22. The van der Waals surface area contributed by atoms with Gasteiger partial charge in [-0.15, -0.1) is 0 Å². The average Bonchev–Trinajstić information content (AvgIpc) is 3.18. The molecule has 0 amide bonds. The standard InChI is InChI=1S/C16H28N2O3S/c1-3-8-14(4-2)22(19,20)17-13-15(16-9-7-12-21-16)18-10-5-6-11-18/h7,9,12,14-15,17H,3-6,8,10-11,13H2,1-2H3/t14-,15-/m1/s1. The second-order valence-corrected chi connectivity index (χ2v) is 8.03. The van der Waals surface area contributed by atoms with Crippen LogP contribution in [0, 0.1) is 0 Å². The van der Waals surface area contributed by atoms with E-state index in [2.05, 4.69) is 9.62 Å². The summed E-state index contributed by atoms with van der Waals surface area (Å²) in [7, 11) is -3.27. The highest BCUT2D eigenvalue weighted by Gasteiger charge is 2.29. The number of likely N-dealkylation sites (tertiary alicyclic amines) is 1. The second-order valence-electron chi connectivity index (χ2n) is 5.99. The topological polar surface area (TPSA) is 62.6 Å². The van der Waals surface area contributed by atoms with Crippen LogP contribution in [0.2, 0.25) is 0 Å². The monoisotopic (exact) mass is 328 g/mol. The summed E-state index contributed by atoms with van der Waals surface area (Å²) in [5, 5.41) is -0.298. The van der Waals surface area contributed by atoms with Crippen molar-refractivity contribution in [3.8, 4) is 0 Å². The summed E-state index contributed by atoms with van der Waals surface area (Å²) in [6.45, 7) is 6.34. The van der Waals surface area contributed by atoms with Crippen molar-refractivity contribution in [2.45, 2.75) is 57.2 Å². The fourth-order valence-corrected chi connectivity index (χ4v) is 4.77. The van der Waals surface area contributed by atoms with Crippen molar-refractivity contribution < 1.29 is 12.8 Å². The molecule has 2 atom stereocenters. The third-order valence-corrected chi connectivity index (χ3v) is 6.45. The first-order valence-electron chi connectivity index (χ1n) is 8.34. The Hall–Kier alpha value is -0.850. The third kappa shape index (κ3) is 4.33. The van der Waals surface area contributed by atoms with Crippen LogP contribution in [-0.4, -0.2) is 38.2 Å². The van der Waals surface area contributed by atoms with Crippen molar-refractivity contribution in [3.63, 3.8) is 0 Å². The smallest absolute Gasteiger partial charge is 0.214 e. The molecule has 5 nitrogen and oxygen atoms in total. The van der Waals surface area contributed by atoms with Gasteiger partial charge in [-0.25, -0.2) is 13.1 Å². The van der Waals surface area contributed by atoms with E-state index in [4.69, 9.17) is 4.42 Å². The van der Waals surface area contributed by atoms with E-state index in [0.717, 1.165) is 38.1 Å². The van der Waals surface area contributed by atoms with E-state index in [9.17, 15) is 8.42 Å². The van der Waals surface area contributed by atoms with Crippen LogP contribution in [0.4, 0.5) is 0 Å². The molecule has 0 saturated carbocycles. The molecule has 1 aliphatic rings. The van der Waals surface area contributed by atoms with Gasteiger partial charge in [0, 0.05) is 6.54 Å². The fourth-order valence-electron chi connectivity index (χ4n) is 3.16. The van der Waals surface area contributed by atoms with Gasteiger partial charge in [-0.05, 0) is 50.9 Å².